The third-order valence-corrected chi connectivity index (χ3v) is 6.41. The van der Waals surface area contributed by atoms with Crippen LogP contribution in [0.2, 0.25) is 0 Å². The highest BCUT2D eigenvalue weighted by molar-refractivity contribution is 7.99. The number of likely N-dealkylation sites (tertiary alicyclic amines) is 1. The van der Waals surface area contributed by atoms with Gasteiger partial charge in [-0.15, -0.1) is 0 Å². The summed E-state index contributed by atoms with van der Waals surface area (Å²) < 4.78 is 1.62. The fourth-order valence-electron chi connectivity index (χ4n) is 3.81. The highest BCUT2D eigenvalue weighted by Gasteiger charge is 2.24. The van der Waals surface area contributed by atoms with Gasteiger partial charge in [-0.1, -0.05) is 41.6 Å². The van der Waals surface area contributed by atoms with E-state index in [-0.39, 0.29) is 23.3 Å². The highest BCUT2D eigenvalue weighted by Crippen LogP contribution is 2.24. The normalized spacial score (nSPS) is 16.9. The maximum atomic E-state index is 13.2. The number of aromatic nitrogens is 2. The Morgan fingerprint density at radius 3 is 2.66 bits per heavy atom. The van der Waals surface area contributed by atoms with E-state index in [2.05, 4.69) is 6.92 Å². The molecule has 0 bridgehead atoms. The van der Waals surface area contributed by atoms with Crippen molar-refractivity contribution >= 4 is 28.6 Å². The zero-order valence-electron chi connectivity index (χ0n) is 16.8. The minimum Gasteiger partial charge on any atom is -0.339 e. The van der Waals surface area contributed by atoms with E-state index in [0.717, 1.165) is 30.6 Å². The van der Waals surface area contributed by atoms with Crippen LogP contribution in [0, 0.1) is 6.92 Å². The van der Waals surface area contributed by atoms with Crippen molar-refractivity contribution < 1.29 is 4.79 Å². The van der Waals surface area contributed by atoms with Crippen LogP contribution in [0.25, 0.3) is 16.6 Å². The van der Waals surface area contributed by atoms with Crippen molar-refractivity contribution in [2.24, 2.45) is 0 Å². The van der Waals surface area contributed by atoms with Crippen LogP contribution in [0.4, 0.5) is 0 Å². The minimum absolute atomic E-state index is 0.110. The third-order valence-electron chi connectivity index (χ3n) is 5.49. The molecule has 1 fully saturated rings. The Balaban J connectivity index is 1.70. The number of benzene rings is 2. The van der Waals surface area contributed by atoms with Crippen LogP contribution < -0.4 is 5.56 Å². The largest absolute Gasteiger partial charge is 0.339 e. The second-order valence-corrected chi connectivity index (χ2v) is 8.55. The molecule has 0 radical (unpaired) electrons. The number of para-hydroxylation sites is 1. The summed E-state index contributed by atoms with van der Waals surface area (Å²) in [6, 6.07) is 15.4. The van der Waals surface area contributed by atoms with Crippen LogP contribution in [-0.4, -0.2) is 38.7 Å². The van der Waals surface area contributed by atoms with E-state index in [0.29, 0.717) is 16.1 Å². The van der Waals surface area contributed by atoms with Crippen molar-refractivity contribution in [2.75, 3.05) is 12.3 Å². The molecule has 4 rings (SSSR count). The van der Waals surface area contributed by atoms with Gasteiger partial charge in [0.05, 0.1) is 22.3 Å². The predicted octanol–water partition coefficient (Wildman–Crippen LogP) is 4.19. The number of carbonyl (C=O) groups is 1. The van der Waals surface area contributed by atoms with Gasteiger partial charge in [0.25, 0.3) is 5.56 Å². The van der Waals surface area contributed by atoms with Crippen LogP contribution in [0.5, 0.6) is 0 Å². The molecular weight excluding hydrogens is 382 g/mol. The van der Waals surface area contributed by atoms with E-state index in [1.165, 1.54) is 18.2 Å². The maximum Gasteiger partial charge on any atom is 0.266 e. The number of fused-ring (bicyclic) bond motifs is 1. The smallest absolute Gasteiger partial charge is 0.266 e. The Morgan fingerprint density at radius 1 is 1.14 bits per heavy atom. The van der Waals surface area contributed by atoms with Gasteiger partial charge in [0.15, 0.2) is 5.16 Å². The number of thioether (sulfide) groups is 1. The predicted molar refractivity (Wildman–Crippen MR) is 118 cm³/mol. The number of hydrogen-bond donors (Lipinski definition) is 0. The summed E-state index contributed by atoms with van der Waals surface area (Å²) in [4.78, 5) is 32.8. The van der Waals surface area contributed by atoms with E-state index in [9.17, 15) is 9.59 Å². The molecule has 1 atom stereocenters. The van der Waals surface area contributed by atoms with Gasteiger partial charge in [0.1, 0.15) is 0 Å². The van der Waals surface area contributed by atoms with Gasteiger partial charge in [-0.25, -0.2) is 4.98 Å². The van der Waals surface area contributed by atoms with E-state index in [1.807, 2.05) is 54.3 Å². The molecule has 1 aliphatic rings. The second-order valence-electron chi connectivity index (χ2n) is 7.61. The molecule has 1 amide bonds. The summed E-state index contributed by atoms with van der Waals surface area (Å²) in [5.74, 6) is 0.390. The lowest BCUT2D eigenvalue weighted by atomic mass is 10.0. The summed E-state index contributed by atoms with van der Waals surface area (Å²) in [6.07, 6.45) is 3.29. The standard InChI is InChI=1S/C23H25N3O2S/c1-16-10-12-18(13-11-16)26-22(28)19-8-3-4-9-20(19)24-23(26)29-15-21(27)25-14-6-5-7-17(25)2/h3-4,8-13,17H,5-7,14-15H2,1-2H3. The fourth-order valence-corrected chi connectivity index (χ4v) is 4.71. The molecule has 6 heteroatoms. The Hall–Kier alpha value is -2.60. The lowest BCUT2D eigenvalue weighted by molar-refractivity contribution is -0.131. The lowest BCUT2D eigenvalue weighted by Gasteiger charge is -2.33. The zero-order valence-corrected chi connectivity index (χ0v) is 17.6. The van der Waals surface area contributed by atoms with Crippen LogP contribution in [0.1, 0.15) is 31.7 Å². The maximum absolute atomic E-state index is 13.2. The van der Waals surface area contributed by atoms with Crippen molar-refractivity contribution in [1.82, 2.24) is 14.5 Å². The molecule has 5 nitrogen and oxygen atoms in total. The molecule has 0 N–H and O–H groups in total. The monoisotopic (exact) mass is 407 g/mol. The molecule has 2 aromatic carbocycles. The Kier molecular flexibility index (Phi) is 5.72. The Bertz CT molecular complexity index is 1090. The van der Waals surface area contributed by atoms with E-state index in [1.54, 1.807) is 10.6 Å². The molecule has 2 heterocycles. The fraction of sp³-hybridized carbons (Fsp3) is 0.348. The first kappa shape index (κ1) is 19.7. The molecule has 150 valence electrons. The average molecular weight is 408 g/mol. The van der Waals surface area contributed by atoms with Gasteiger partial charge in [-0.3, -0.25) is 14.2 Å². The van der Waals surface area contributed by atoms with Crippen molar-refractivity contribution in [2.45, 2.75) is 44.3 Å². The highest BCUT2D eigenvalue weighted by atomic mass is 32.2. The quantitative estimate of drug-likeness (QED) is 0.481. The second kappa shape index (κ2) is 8.41. The van der Waals surface area contributed by atoms with Gasteiger partial charge in [-0.2, -0.15) is 0 Å². The number of carbonyl (C=O) groups excluding carboxylic acids is 1. The Labute approximate surface area is 174 Å². The number of piperidine rings is 1. The van der Waals surface area contributed by atoms with Gasteiger partial charge in [-0.05, 0) is 57.4 Å². The van der Waals surface area contributed by atoms with Crippen LogP contribution in [-0.2, 0) is 4.79 Å². The van der Waals surface area contributed by atoms with Gasteiger partial charge in [0.2, 0.25) is 5.91 Å². The number of nitrogens with zero attached hydrogens (tertiary/aromatic N) is 3. The average Bonchev–Trinajstić information content (AvgIpc) is 2.73. The molecular formula is C23H25N3O2S. The summed E-state index contributed by atoms with van der Waals surface area (Å²) >= 11 is 1.34. The topological polar surface area (TPSA) is 55.2 Å². The van der Waals surface area contributed by atoms with E-state index < -0.39 is 0 Å². The molecule has 0 saturated carbocycles. The van der Waals surface area contributed by atoms with Crippen LogP contribution >= 0.6 is 11.8 Å². The van der Waals surface area contributed by atoms with Gasteiger partial charge in [0, 0.05) is 12.6 Å². The van der Waals surface area contributed by atoms with E-state index >= 15 is 0 Å². The number of hydrogen-bond acceptors (Lipinski definition) is 4. The first-order valence-electron chi connectivity index (χ1n) is 10.1. The van der Waals surface area contributed by atoms with Gasteiger partial charge >= 0.3 is 0 Å². The van der Waals surface area contributed by atoms with Crippen LogP contribution in [0.15, 0.2) is 58.5 Å². The van der Waals surface area contributed by atoms with Crippen molar-refractivity contribution in [3.05, 3.63) is 64.4 Å². The minimum atomic E-state index is -0.110. The first-order chi connectivity index (χ1) is 14.0. The van der Waals surface area contributed by atoms with Gasteiger partial charge < -0.3 is 4.90 Å². The third kappa shape index (κ3) is 4.08. The van der Waals surface area contributed by atoms with Crippen molar-refractivity contribution in [3.63, 3.8) is 0 Å². The molecule has 1 aliphatic heterocycles. The summed E-state index contributed by atoms with van der Waals surface area (Å²) in [7, 11) is 0. The molecule has 1 aromatic heterocycles. The number of aryl methyl sites for hydroxylation is 1. The number of amides is 1. The summed E-state index contributed by atoms with van der Waals surface area (Å²) in [5, 5.41) is 1.13. The number of rotatable bonds is 4. The molecule has 3 aromatic rings. The molecule has 0 aliphatic carbocycles. The van der Waals surface area contributed by atoms with Crippen molar-refractivity contribution in [1.29, 1.82) is 0 Å². The Morgan fingerprint density at radius 2 is 1.90 bits per heavy atom. The zero-order chi connectivity index (χ0) is 20.4. The molecule has 1 unspecified atom stereocenters. The van der Waals surface area contributed by atoms with Crippen LogP contribution in [0.3, 0.4) is 0 Å². The SMILES string of the molecule is Cc1ccc(-n2c(SCC(=O)N3CCCCC3C)nc3ccccc3c2=O)cc1. The summed E-state index contributed by atoms with van der Waals surface area (Å²) in [5.41, 5.74) is 2.43. The molecule has 0 spiro atoms. The lowest BCUT2D eigenvalue weighted by Crippen LogP contribution is -2.43. The molecule has 1 saturated heterocycles. The molecule has 29 heavy (non-hydrogen) atoms. The summed E-state index contributed by atoms with van der Waals surface area (Å²) in [6.45, 7) is 4.94. The van der Waals surface area contributed by atoms with E-state index in [4.69, 9.17) is 4.98 Å². The van der Waals surface area contributed by atoms with Crippen molar-refractivity contribution in [3.8, 4) is 5.69 Å². The first-order valence-corrected chi connectivity index (χ1v) is 11.0.